The highest BCUT2D eigenvalue weighted by Gasteiger charge is 2.23. The van der Waals surface area contributed by atoms with Crippen molar-refractivity contribution in [3.05, 3.63) is 23.8 Å². The number of nitrogens with one attached hydrogen (secondary N) is 1. The van der Waals surface area contributed by atoms with Crippen LogP contribution in [0.25, 0.3) is 0 Å². The third-order valence-electron chi connectivity index (χ3n) is 5.13. The molecule has 1 fully saturated rings. The largest absolute Gasteiger partial charge is 0.371 e. The molecule has 0 unspecified atom stereocenters. The van der Waals surface area contributed by atoms with Crippen LogP contribution in [-0.2, 0) is 6.42 Å². The number of aryl methyl sites for hydroxylation is 1. The van der Waals surface area contributed by atoms with E-state index < -0.39 is 6.03 Å². The maximum atomic E-state index is 11.6. The van der Waals surface area contributed by atoms with Crippen molar-refractivity contribution >= 4 is 17.4 Å². The first kappa shape index (κ1) is 16.1. The van der Waals surface area contributed by atoms with Gasteiger partial charge < -0.3 is 10.2 Å². The normalized spacial score (nSPS) is 18.4. The van der Waals surface area contributed by atoms with Crippen LogP contribution in [0.15, 0.2) is 18.2 Å². The standard InChI is InChI=1S/C18H27N3O2/c1-19-18(22)21(23)16-9-10-17-15(12-16)8-5-11-20(17)13-14-6-3-2-4-7-14/h9-10,12,14,23H,2-8,11,13H2,1H3,(H,19,22). The molecular weight excluding hydrogens is 290 g/mol. The number of carbonyl (C=O) groups is 1. The molecule has 1 heterocycles. The van der Waals surface area contributed by atoms with E-state index in [2.05, 4.69) is 16.3 Å². The molecule has 0 spiro atoms. The molecule has 1 aliphatic heterocycles. The predicted molar refractivity (Wildman–Crippen MR) is 92.3 cm³/mol. The topological polar surface area (TPSA) is 55.8 Å². The van der Waals surface area contributed by atoms with Crippen LogP contribution >= 0.6 is 0 Å². The average molecular weight is 317 g/mol. The zero-order valence-electron chi connectivity index (χ0n) is 13.9. The van der Waals surface area contributed by atoms with Crippen LogP contribution in [0.1, 0.15) is 44.1 Å². The Bertz CT molecular complexity index is 555. The molecule has 5 heteroatoms. The SMILES string of the molecule is CNC(=O)N(O)c1ccc2c(c1)CCCN2CC1CCCCC1. The second kappa shape index (κ2) is 7.21. The van der Waals surface area contributed by atoms with Gasteiger partial charge in [-0.3, -0.25) is 5.21 Å². The second-order valence-electron chi connectivity index (χ2n) is 6.73. The van der Waals surface area contributed by atoms with Crippen molar-refractivity contribution in [3.8, 4) is 0 Å². The van der Waals surface area contributed by atoms with Gasteiger partial charge >= 0.3 is 6.03 Å². The summed E-state index contributed by atoms with van der Waals surface area (Å²) in [6.45, 7) is 2.26. The quantitative estimate of drug-likeness (QED) is 0.662. The predicted octanol–water partition coefficient (Wildman–Crippen LogP) is 3.55. The molecule has 2 aliphatic rings. The van der Waals surface area contributed by atoms with Crippen LogP contribution in [0.4, 0.5) is 16.2 Å². The molecule has 3 rings (SSSR count). The molecule has 0 bridgehead atoms. The minimum atomic E-state index is -0.514. The monoisotopic (exact) mass is 317 g/mol. The van der Waals surface area contributed by atoms with Crippen molar-refractivity contribution in [1.82, 2.24) is 5.32 Å². The van der Waals surface area contributed by atoms with Gasteiger partial charge in [0.1, 0.15) is 0 Å². The van der Waals surface area contributed by atoms with Crippen molar-refractivity contribution in [2.24, 2.45) is 5.92 Å². The lowest BCUT2D eigenvalue weighted by molar-refractivity contribution is 0.206. The van der Waals surface area contributed by atoms with E-state index in [-0.39, 0.29) is 0 Å². The Hall–Kier alpha value is -1.75. The maximum absolute atomic E-state index is 11.6. The molecule has 1 aromatic carbocycles. The number of urea groups is 1. The molecule has 0 radical (unpaired) electrons. The summed E-state index contributed by atoms with van der Waals surface area (Å²) in [5.74, 6) is 0.814. The maximum Gasteiger partial charge on any atom is 0.345 e. The second-order valence-corrected chi connectivity index (χ2v) is 6.73. The van der Waals surface area contributed by atoms with E-state index in [1.807, 2.05) is 12.1 Å². The lowest BCUT2D eigenvalue weighted by Gasteiger charge is -2.36. The highest BCUT2D eigenvalue weighted by atomic mass is 16.5. The molecule has 1 saturated carbocycles. The number of anilines is 2. The fraction of sp³-hybridized carbons (Fsp3) is 0.611. The molecule has 2 N–H and O–H groups in total. The fourth-order valence-electron chi connectivity index (χ4n) is 3.89. The molecule has 5 nitrogen and oxygen atoms in total. The minimum Gasteiger partial charge on any atom is -0.371 e. The first-order valence-electron chi connectivity index (χ1n) is 8.77. The van der Waals surface area contributed by atoms with Crippen molar-refractivity contribution < 1.29 is 10.0 Å². The summed E-state index contributed by atoms with van der Waals surface area (Å²) in [6, 6.07) is 5.31. The summed E-state index contributed by atoms with van der Waals surface area (Å²) in [5, 5.41) is 13.0. The summed E-state index contributed by atoms with van der Waals surface area (Å²) in [6.07, 6.45) is 8.98. The number of carbonyl (C=O) groups excluding carboxylic acids is 1. The Morgan fingerprint density at radius 3 is 2.83 bits per heavy atom. The van der Waals surface area contributed by atoms with Gasteiger partial charge in [-0.25, -0.2) is 4.79 Å². The van der Waals surface area contributed by atoms with Crippen LogP contribution in [0.3, 0.4) is 0 Å². The van der Waals surface area contributed by atoms with E-state index in [1.165, 1.54) is 50.4 Å². The molecule has 0 aromatic heterocycles. The van der Waals surface area contributed by atoms with E-state index in [0.29, 0.717) is 10.8 Å². The Morgan fingerprint density at radius 2 is 2.09 bits per heavy atom. The number of fused-ring (bicyclic) bond motifs is 1. The van der Waals surface area contributed by atoms with Gasteiger partial charge in [0.2, 0.25) is 0 Å². The van der Waals surface area contributed by atoms with Gasteiger partial charge in [0.05, 0.1) is 5.69 Å². The Labute approximate surface area is 138 Å². The third-order valence-corrected chi connectivity index (χ3v) is 5.13. The highest BCUT2D eigenvalue weighted by Crippen LogP contribution is 2.33. The number of hydrogen-bond acceptors (Lipinski definition) is 3. The first-order valence-corrected chi connectivity index (χ1v) is 8.77. The van der Waals surface area contributed by atoms with Crippen molar-refractivity contribution in [3.63, 3.8) is 0 Å². The third kappa shape index (κ3) is 3.61. The molecule has 1 aromatic rings. The first-order chi connectivity index (χ1) is 11.2. The zero-order chi connectivity index (χ0) is 16.2. The van der Waals surface area contributed by atoms with Crippen LogP contribution in [0.2, 0.25) is 0 Å². The van der Waals surface area contributed by atoms with Gasteiger partial charge in [-0.1, -0.05) is 19.3 Å². The number of hydrogen-bond donors (Lipinski definition) is 2. The summed E-state index contributed by atoms with van der Waals surface area (Å²) < 4.78 is 0. The van der Waals surface area contributed by atoms with Gasteiger partial charge in [-0.05, 0) is 55.4 Å². The highest BCUT2D eigenvalue weighted by molar-refractivity contribution is 5.89. The summed E-state index contributed by atoms with van der Waals surface area (Å²) >= 11 is 0. The molecule has 2 amide bonds. The van der Waals surface area contributed by atoms with E-state index in [9.17, 15) is 10.0 Å². The van der Waals surface area contributed by atoms with Gasteiger partial charge in [0.15, 0.2) is 0 Å². The van der Waals surface area contributed by atoms with E-state index in [0.717, 1.165) is 31.8 Å². The molecule has 23 heavy (non-hydrogen) atoms. The Morgan fingerprint density at radius 1 is 1.30 bits per heavy atom. The zero-order valence-corrected chi connectivity index (χ0v) is 13.9. The number of rotatable bonds is 3. The van der Waals surface area contributed by atoms with Crippen molar-refractivity contribution in [2.45, 2.75) is 44.9 Å². The smallest absolute Gasteiger partial charge is 0.345 e. The van der Waals surface area contributed by atoms with Gasteiger partial charge in [0.25, 0.3) is 0 Å². The Kier molecular flexibility index (Phi) is 5.06. The molecular formula is C18H27N3O2. The lowest BCUT2D eigenvalue weighted by atomic mass is 9.88. The molecule has 1 aliphatic carbocycles. The Balaban J connectivity index is 1.75. The van der Waals surface area contributed by atoms with E-state index in [4.69, 9.17) is 0 Å². The van der Waals surface area contributed by atoms with Crippen LogP contribution in [0, 0.1) is 5.92 Å². The number of hydroxylamine groups is 1. The summed E-state index contributed by atoms with van der Waals surface area (Å²) in [4.78, 5) is 14.1. The van der Waals surface area contributed by atoms with E-state index in [1.54, 1.807) is 0 Å². The molecule has 0 saturated heterocycles. The van der Waals surface area contributed by atoms with Gasteiger partial charge in [-0.2, -0.15) is 5.06 Å². The summed E-state index contributed by atoms with van der Waals surface area (Å²) in [5.41, 5.74) is 3.03. The van der Waals surface area contributed by atoms with Gasteiger partial charge in [0, 0.05) is 25.8 Å². The summed E-state index contributed by atoms with van der Waals surface area (Å²) in [7, 11) is 1.51. The average Bonchev–Trinajstić information content (AvgIpc) is 2.61. The van der Waals surface area contributed by atoms with Crippen molar-refractivity contribution in [1.29, 1.82) is 0 Å². The van der Waals surface area contributed by atoms with Crippen LogP contribution in [0.5, 0.6) is 0 Å². The molecule has 126 valence electrons. The van der Waals surface area contributed by atoms with Crippen molar-refractivity contribution in [2.75, 3.05) is 30.1 Å². The van der Waals surface area contributed by atoms with E-state index >= 15 is 0 Å². The number of nitrogens with zero attached hydrogens (tertiary/aromatic N) is 2. The van der Waals surface area contributed by atoms with Gasteiger partial charge in [-0.15, -0.1) is 0 Å². The van der Waals surface area contributed by atoms with Crippen LogP contribution < -0.4 is 15.3 Å². The fourth-order valence-corrected chi connectivity index (χ4v) is 3.89. The number of benzene rings is 1. The lowest BCUT2D eigenvalue weighted by Crippen LogP contribution is -2.36. The number of amides is 2. The van der Waals surface area contributed by atoms with Crippen LogP contribution in [-0.4, -0.2) is 31.4 Å². The molecule has 0 atom stereocenters. The minimum absolute atomic E-state index is 0.514.